The number of rotatable bonds is 4. The van der Waals surface area contributed by atoms with Crippen molar-refractivity contribution in [2.45, 2.75) is 37.9 Å². The smallest absolute Gasteiger partial charge is 0.318 e. The molecule has 0 aliphatic carbocycles. The summed E-state index contributed by atoms with van der Waals surface area (Å²) in [6, 6.07) is 14.2. The summed E-state index contributed by atoms with van der Waals surface area (Å²) >= 11 is 0. The number of amides is 2. The molecule has 2 aromatic carbocycles. The third kappa shape index (κ3) is 4.60. The average Bonchev–Trinajstić information content (AvgIpc) is 2.84. The van der Waals surface area contributed by atoms with Crippen molar-refractivity contribution in [3.63, 3.8) is 0 Å². The van der Waals surface area contributed by atoms with E-state index in [-0.39, 0.29) is 29.3 Å². The molecule has 0 bridgehead atoms. The van der Waals surface area contributed by atoms with Crippen LogP contribution in [0.15, 0.2) is 53.4 Å². The molecule has 1 aliphatic rings. The Hall–Kier alpha value is -2.54. The predicted octanol–water partition coefficient (Wildman–Crippen LogP) is 2.97. The molecule has 0 aromatic heterocycles. The van der Waals surface area contributed by atoms with E-state index in [1.807, 2.05) is 31.2 Å². The number of benzene rings is 2. The van der Waals surface area contributed by atoms with Crippen molar-refractivity contribution in [3.8, 4) is 5.75 Å². The Morgan fingerprint density at radius 3 is 2.78 bits per heavy atom. The van der Waals surface area contributed by atoms with Crippen molar-refractivity contribution < 1.29 is 17.9 Å². The first-order valence-electron chi connectivity index (χ1n) is 8.98. The highest BCUT2D eigenvalue weighted by Crippen LogP contribution is 2.24. The van der Waals surface area contributed by atoms with Crippen molar-refractivity contribution in [1.29, 1.82) is 0 Å². The molecule has 1 atom stereocenters. The molecule has 1 heterocycles. The van der Waals surface area contributed by atoms with Crippen LogP contribution in [0.3, 0.4) is 0 Å². The lowest BCUT2D eigenvalue weighted by molar-refractivity contribution is 0.158. The number of para-hydroxylation sites is 1. The molecular weight excluding hydrogens is 364 g/mol. The number of carbonyl (C=O) groups excluding carboxylic acids is 1. The minimum atomic E-state index is -3.26. The maximum atomic E-state index is 12.7. The number of hydrogen-bond acceptors (Lipinski definition) is 4. The molecule has 0 saturated carbocycles. The molecular formula is C20H24N2O4S. The minimum Gasteiger partial charge on any atom is -0.489 e. The predicted molar refractivity (Wildman–Crippen MR) is 103 cm³/mol. The summed E-state index contributed by atoms with van der Waals surface area (Å²) in [5.74, 6) is 0.853. The fourth-order valence-corrected chi connectivity index (χ4v) is 3.99. The van der Waals surface area contributed by atoms with Crippen LogP contribution in [0.25, 0.3) is 0 Å². The van der Waals surface area contributed by atoms with Gasteiger partial charge in [-0.1, -0.05) is 37.3 Å². The minimum absolute atomic E-state index is 0.0495. The van der Waals surface area contributed by atoms with Gasteiger partial charge < -0.3 is 15.0 Å². The van der Waals surface area contributed by atoms with E-state index < -0.39 is 9.84 Å². The normalized spacial score (nSPS) is 16.8. The monoisotopic (exact) mass is 388 g/mol. The van der Waals surface area contributed by atoms with Crippen LogP contribution in [0.4, 0.5) is 4.79 Å². The van der Waals surface area contributed by atoms with Gasteiger partial charge in [0.2, 0.25) is 0 Å². The number of urea groups is 1. The molecule has 144 valence electrons. The van der Waals surface area contributed by atoms with Gasteiger partial charge in [-0.25, -0.2) is 13.2 Å². The Labute approximate surface area is 160 Å². The molecule has 27 heavy (non-hydrogen) atoms. The van der Waals surface area contributed by atoms with Crippen LogP contribution in [0.5, 0.6) is 5.75 Å². The van der Waals surface area contributed by atoms with Crippen LogP contribution >= 0.6 is 0 Å². The van der Waals surface area contributed by atoms with E-state index in [9.17, 15) is 13.2 Å². The lowest BCUT2D eigenvalue weighted by atomic mass is 10.2. The summed E-state index contributed by atoms with van der Waals surface area (Å²) in [5, 5.41) is 2.88. The quantitative estimate of drug-likeness (QED) is 0.874. The highest BCUT2D eigenvalue weighted by Gasteiger charge is 2.23. The fraction of sp³-hybridized carbons (Fsp3) is 0.350. The molecule has 0 saturated heterocycles. The molecule has 2 amide bonds. The fourth-order valence-electron chi connectivity index (χ4n) is 3.04. The van der Waals surface area contributed by atoms with Gasteiger partial charge in [0.25, 0.3) is 0 Å². The van der Waals surface area contributed by atoms with Gasteiger partial charge in [0.05, 0.1) is 23.7 Å². The second-order valence-corrected chi connectivity index (χ2v) is 8.90. The van der Waals surface area contributed by atoms with E-state index >= 15 is 0 Å². The summed E-state index contributed by atoms with van der Waals surface area (Å²) in [6.45, 7) is 4.76. The van der Waals surface area contributed by atoms with Crippen LogP contribution < -0.4 is 10.1 Å². The first-order chi connectivity index (χ1) is 12.9. The molecule has 0 spiro atoms. The second-order valence-electron chi connectivity index (χ2n) is 6.63. The molecule has 0 fully saturated rings. The number of ether oxygens (including phenoxy) is 1. The van der Waals surface area contributed by atoms with Gasteiger partial charge in [0, 0.05) is 12.1 Å². The summed E-state index contributed by atoms with van der Waals surface area (Å²) in [5.41, 5.74) is 1.71. The number of nitrogens with zero attached hydrogens (tertiary/aromatic N) is 1. The standard InChI is InChI=1S/C20H24N2O4S/c1-3-27(24,25)18-9-6-7-16(11-18)12-21-20(23)22-13-15(2)26-19-10-5-4-8-17(19)14-22/h4-11,15H,3,12-14H2,1-2H3,(H,21,23). The van der Waals surface area contributed by atoms with Crippen molar-refractivity contribution >= 4 is 15.9 Å². The van der Waals surface area contributed by atoms with Crippen LogP contribution in [0.1, 0.15) is 25.0 Å². The molecule has 0 radical (unpaired) electrons. The third-order valence-electron chi connectivity index (χ3n) is 4.51. The van der Waals surface area contributed by atoms with Gasteiger partial charge in [0.1, 0.15) is 11.9 Å². The Morgan fingerprint density at radius 2 is 2.00 bits per heavy atom. The number of hydrogen-bond donors (Lipinski definition) is 1. The van der Waals surface area contributed by atoms with Gasteiger partial charge in [-0.2, -0.15) is 0 Å². The molecule has 6 nitrogen and oxygen atoms in total. The largest absolute Gasteiger partial charge is 0.489 e. The first-order valence-corrected chi connectivity index (χ1v) is 10.6. The lowest BCUT2D eigenvalue weighted by Crippen LogP contribution is -2.42. The SMILES string of the molecule is CCS(=O)(=O)c1cccc(CNC(=O)N2Cc3ccccc3OC(C)C2)c1. The Balaban J connectivity index is 1.68. The zero-order valence-corrected chi connectivity index (χ0v) is 16.3. The van der Waals surface area contributed by atoms with E-state index in [1.54, 1.807) is 36.1 Å². The highest BCUT2D eigenvalue weighted by molar-refractivity contribution is 7.91. The van der Waals surface area contributed by atoms with Crippen molar-refractivity contribution in [1.82, 2.24) is 10.2 Å². The number of sulfone groups is 1. The van der Waals surface area contributed by atoms with Gasteiger partial charge in [-0.15, -0.1) is 0 Å². The topological polar surface area (TPSA) is 75.7 Å². The Bertz CT molecular complexity index is 927. The van der Waals surface area contributed by atoms with Crippen LogP contribution in [-0.2, 0) is 22.9 Å². The first kappa shape index (κ1) is 19.2. The summed E-state index contributed by atoms with van der Waals surface area (Å²) in [4.78, 5) is 14.7. The van der Waals surface area contributed by atoms with Gasteiger partial charge in [0.15, 0.2) is 9.84 Å². The molecule has 7 heteroatoms. The van der Waals surface area contributed by atoms with Crippen molar-refractivity contribution in [2.24, 2.45) is 0 Å². The highest BCUT2D eigenvalue weighted by atomic mass is 32.2. The van der Waals surface area contributed by atoms with Crippen molar-refractivity contribution in [3.05, 3.63) is 59.7 Å². The average molecular weight is 388 g/mol. The number of carbonyl (C=O) groups is 1. The van der Waals surface area contributed by atoms with E-state index in [0.717, 1.165) is 16.9 Å². The maximum Gasteiger partial charge on any atom is 0.318 e. The van der Waals surface area contributed by atoms with E-state index in [2.05, 4.69) is 5.32 Å². The number of fused-ring (bicyclic) bond motifs is 1. The summed E-state index contributed by atoms with van der Waals surface area (Å²) < 4.78 is 29.9. The van der Waals surface area contributed by atoms with E-state index in [1.165, 1.54) is 0 Å². The third-order valence-corrected chi connectivity index (χ3v) is 6.24. The molecule has 1 unspecified atom stereocenters. The number of nitrogens with one attached hydrogen (secondary N) is 1. The van der Waals surface area contributed by atoms with Crippen molar-refractivity contribution in [2.75, 3.05) is 12.3 Å². The maximum absolute atomic E-state index is 12.7. The zero-order valence-electron chi connectivity index (χ0n) is 15.5. The second kappa shape index (κ2) is 8.00. The molecule has 1 N–H and O–H groups in total. The van der Waals surface area contributed by atoms with Gasteiger partial charge >= 0.3 is 6.03 Å². The van der Waals surface area contributed by atoms with Crippen LogP contribution in [0.2, 0.25) is 0 Å². The van der Waals surface area contributed by atoms with Crippen LogP contribution in [0, 0.1) is 0 Å². The molecule has 2 aromatic rings. The van der Waals surface area contributed by atoms with Crippen LogP contribution in [-0.4, -0.2) is 37.8 Å². The zero-order chi connectivity index (χ0) is 19.4. The molecule has 3 rings (SSSR count). The molecule has 1 aliphatic heterocycles. The van der Waals surface area contributed by atoms with Gasteiger partial charge in [-0.3, -0.25) is 0 Å². The lowest BCUT2D eigenvalue weighted by Gasteiger charge is -2.22. The Morgan fingerprint density at radius 1 is 1.22 bits per heavy atom. The summed E-state index contributed by atoms with van der Waals surface area (Å²) in [7, 11) is -3.26. The van der Waals surface area contributed by atoms with E-state index in [0.29, 0.717) is 13.1 Å². The van der Waals surface area contributed by atoms with Gasteiger partial charge in [-0.05, 0) is 30.7 Å². The Kier molecular flexibility index (Phi) is 5.70. The summed E-state index contributed by atoms with van der Waals surface area (Å²) in [6.07, 6.45) is -0.113. The van der Waals surface area contributed by atoms with E-state index in [4.69, 9.17) is 4.74 Å².